The molecule has 0 aliphatic carbocycles. The topological polar surface area (TPSA) is 135 Å². The van der Waals surface area contributed by atoms with Crippen molar-refractivity contribution >= 4 is 17.1 Å². The van der Waals surface area contributed by atoms with Gasteiger partial charge in [0.25, 0.3) is 5.56 Å². The van der Waals surface area contributed by atoms with E-state index in [0.717, 1.165) is 0 Å². The summed E-state index contributed by atoms with van der Waals surface area (Å²) in [6.45, 7) is 1.60. The molecule has 130 valence electrons. The molecule has 2 aromatic heterocycles. The van der Waals surface area contributed by atoms with Crippen molar-refractivity contribution < 1.29 is 20.1 Å². The minimum Gasteiger partial charge on any atom is -0.394 e. The minimum atomic E-state index is -0.950. The number of aliphatic hydroxyl groups excluding tert-OH is 3. The molecule has 4 rings (SSSR count). The molecule has 0 spiro atoms. The largest absolute Gasteiger partial charge is 0.394 e. The maximum Gasteiger partial charge on any atom is 0.285 e. The van der Waals surface area contributed by atoms with Gasteiger partial charge in [-0.3, -0.25) is 9.36 Å². The third-order valence-electron chi connectivity index (χ3n) is 4.56. The summed E-state index contributed by atoms with van der Waals surface area (Å²) in [6, 6.07) is -0.0240. The van der Waals surface area contributed by atoms with Gasteiger partial charge in [-0.1, -0.05) is 0 Å². The lowest BCUT2D eigenvalue weighted by atomic mass is 10.2. The van der Waals surface area contributed by atoms with Crippen LogP contribution >= 0.6 is 0 Å². The summed E-state index contributed by atoms with van der Waals surface area (Å²) in [5.74, 6) is 0.276. The summed E-state index contributed by atoms with van der Waals surface area (Å²) >= 11 is 0. The van der Waals surface area contributed by atoms with Crippen LogP contribution in [-0.4, -0.2) is 59.3 Å². The Kier molecular flexibility index (Phi) is 3.57. The third kappa shape index (κ3) is 2.22. The van der Waals surface area contributed by atoms with E-state index >= 15 is 0 Å². The molecule has 0 saturated carbocycles. The molecule has 4 heterocycles. The number of anilines is 1. The smallest absolute Gasteiger partial charge is 0.285 e. The summed E-state index contributed by atoms with van der Waals surface area (Å²) in [4.78, 5) is 21.2. The molecule has 0 bridgehead atoms. The quantitative estimate of drug-likeness (QED) is 0.544. The fraction of sp³-hybridized carbons (Fsp3) is 0.643. The zero-order chi connectivity index (χ0) is 17.0. The standard InChI is InChI=1S/C14H19N5O5/c1-6-2-9(22)19-13(23)11-12(17-14(19)16-6)18(5-15-11)10-3-7(21)8(4-20)24-10/h5-10,20-22H,2-4H2,1H3,(H,16,17)/t6?,7?,8-,9?,10-/m1/s1. The first kappa shape index (κ1) is 15.5. The average Bonchev–Trinajstić information content (AvgIpc) is 3.09. The highest BCUT2D eigenvalue weighted by Gasteiger charge is 2.36. The minimum absolute atomic E-state index is 0.0240. The van der Waals surface area contributed by atoms with Gasteiger partial charge in [-0.05, 0) is 6.92 Å². The number of hydrogen-bond donors (Lipinski definition) is 4. The van der Waals surface area contributed by atoms with Gasteiger partial charge in [0, 0.05) is 18.9 Å². The van der Waals surface area contributed by atoms with Crippen LogP contribution in [0.4, 0.5) is 5.95 Å². The van der Waals surface area contributed by atoms with Gasteiger partial charge < -0.3 is 25.4 Å². The molecule has 2 aliphatic rings. The van der Waals surface area contributed by atoms with E-state index in [2.05, 4.69) is 15.3 Å². The first-order valence-corrected chi connectivity index (χ1v) is 7.87. The molecule has 0 amide bonds. The first-order valence-electron chi connectivity index (χ1n) is 7.87. The lowest BCUT2D eigenvalue weighted by Crippen LogP contribution is -2.38. The number of aliphatic hydroxyl groups is 3. The number of aromatic nitrogens is 4. The highest BCUT2D eigenvalue weighted by molar-refractivity contribution is 5.71. The van der Waals surface area contributed by atoms with Crippen molar-refractivity contribution in [1.29, 1.82) is 0 Å². The first-order chi connectivity index (χ1) is 11.5. The van der Waals surface area contributed by atoms with Crippen LogP contribution in [0.2, 0.25) is 0 Å². The third-order valence-corrected chi connectivity index (χ3v) is 4.56. The summed E-state index contributed by atoms with van der Waals surface area (Å²) in [7, 11) is 0. The normalized spacial score (nSPS) is 32.8. The Morgan fingerprint density at radius 3 is 2.92 bits per heavy atom. The van der Waals surface area contributed by atoms with E-state index < -0.39 is 30.2 Å². The van der Waals surface area contributed by atoms with Gasteiger partial charge in [0.05, 0.1) is 19.0 Å². The second-order valence-corrected chi connectivity index (χ2v) is 6.31. The number of nitrogens with one attached hydrogen (secondary N) is 1. The van der Waals surface area contributed by atoms with Gasteiger partial charge in [-0.25, -0.2) is 9.55 Å². The van der Waals surface area contributed by atoms with Crippen molar-refractivity contribution in [1.82, 2.24) is 19.1 Å². The van der Waals surface area contributed by atoms with Crippen LogP contribution in [-0.2, 0) is 4.74 Å². The van der Waals surface area contributed by atoms with Crippen LogP contribution in [0, 0.1) is 0 Å². The SMILES string of the molecule is CC1CC(O)n2c(nc3c(ncn3[C@H]3CC(O)[C@@H](CO)O3)c2=O)N1. The van der Waals surface area contributed by atoms with Gasteiger partial charge in [-0.2, -0.15) is 4.98 Å². The van der Waals surface area contributed by atoms with Crippen LogP contribution < -0.4 is 10.9 Å². The maximum absolute atomic E-state index is 12.6. The van der Waals surface area contributed by atoms with Gasteiger partial charge in [-0.15, -0.1) is 0 Å². The number of fused-ring (bicyclic) bond motifs is 2. The zero-order valence-electron chi connectivity index (χ0n) is 13.0. The van der Waals surface area contributed by atoms with Crippen LogP contribution in [0.15, 0.2) is 11.1 Å². The molecule has 10 heteroatoms. The Morgan fingerprint density at radius 1 is 1.42 bits per heavy atom. The molecule has 1 saturated heterocycles. The second-order valence-electron chi connectivity index (χ2n) is 6.31. The summed E-state index contributed by atoms with van der Waals surface area (Å²) in [5.41, 5.74) is 0.00781. The van der Waals surface area contributed by atoms with Gasteiger partial charge in [0.15, 0.2) is 11.2 Å². The molecule has 24 heavy (non-hydrogen) atoms. The van der Waals surface area contributed by atoms with Crippen molar-refractivity contribution in [3.63, 3.8) is 0 Å². The maximum atomic E-state index is 12.6. The van der Waals surface area contributed by atoms with Gasteiger partial charge >= 0.3 is 0 Å². The number of rotatable bonds is 2. The molecule has 2 aromatic rings. The Bertz CT molecular complexity index is 833. The van der Waals surface area contributed by atoms with E-state index in [-0.39, 0.29) is 30.5 Å². The molecule has 5 atom stereocenters. The van der Waals surface area contributed by atoms with Gasteiger partial charge in [0.1, 0.15) is 18.6 Å². The fourth-order valence-corrected chi connectivity index (χ4v) is 3.32. The highest BCUT2D eigenvalue weighted by atomic mass is 16.5. The number of hydrogen-bond acceptors (Lipinski definition) is 8. The molecule has 3 unspecified atom stereocenters. The van der Waals surface area contributed by atoms with Crippen molar-refractivity contribution in [2.75, 3.05) is 11.9 Å². The number of ether oxygens (including phenoxy) is 1. The van der Waals surface area contributed by atoms with Crippen molar-refractivity contribution in [2.24, 2.45) is 0 Å². The molecule has 4 N–H and O–H groups in total. The molecule has 1 fully saturated rings. The monoisotopic (exact) mass is 337 g/mol. The lowest BCUT2D eigenvalue weighted by molar-refractivity contribution is -0.0432. The van der Waals surface area contributed by atoms with E-state index in [4.69, 9.17) is 4.74 Å². The van der Waals surface area contributed by atoms with Gasteiger partial charge in [0.2, 0.25) is 5.95 Å². The van der Waals surface area contributed by atoms with Crippen LogP contribution in [0.1, 0.15) is 32.2 Å². The predicted molar refractivity (Wildman–Crippen MR) is 82.4 cm³/mol. The predicted octanol–water partition coefficient (Wildman–Crippen LogP) is -1.07. The van der Waals surface area contributed by atoms with E-state index in [9.17, 15) is 20.1 Å². The summed E-state index contributed by atoms with van der Waals surface area (Å²) in [5, 5.41) is 32.3. The van der Waals surface area contributed by atoms with Crippen LogP contribution in [0.5, 0.6) is 0 Å². The average molecular weight is 337 g/mol. The van der Waals surface area contributed by atoms with E-state index in [0.29, 0.717) is 12.1 Å². The Labute approximate surface area is 136 Å². The van der Waals surface area contributed by atoms with Crippen LogP contribution in [0.25, 0.3) is 11.2 Å². The van der Waals surface area contributed by atoms with Crippen molar-refractivity contribution in [3.05, 3.63) is 16.7 Å². The number of imidazole rings is 1. The summed E-state index contributed by atoms with van der Waals surface area (Å²) < 4.78 is 8.37. The highest BCUT2D eigenvalue weighted by Crippen LogP contribution is 2.31. The Morgan fingerprint density at radius 2 is 2.21 bits per heavy atom. The van der Waals surface area contributed by atoms with E-state index in [1.165, 1.54) is 10.9 Å². The van der Waals surface area contributed by atoms with Crippen LogP contribution in [0.3, 0.4) is 0 Å². The fourth-order valence-electron chi connectivity index (χ4n) is 3.32. The molecule has 2 aliphatic heterocycles. The molecule has 0 aromatic carbocycles. The lowest BCUT2D eigenvalue weighted by Gasteiger charge is -2.28. The Balaban J connectivity index is 1.82. The Hall–Kier alpha value is -2.01. The second kappa shape index (κ2) is 5.52. The number of nitrogens with zero attached hydrogens (tertiary/aromatic N) is 4. The summed E-state index contributed by atoms with van der Waals surface area (Å²) in [6.07, 6.45) is -0.891. The molecule has 0 radical (unpaired) electrons. The van der Waals surface area contributed by atoms with Crippen molar-refractivity contribution in [2.45, 2.75) is 50.5 Å². The molecular weight excluding hydrogens is 318 g/mol. The zero-order valence-corrected chi connectivity index (χ0v) is 13.0. The molecule has 10 nitrogen and oxygen atoms in total. The van der Waals surface area contributed by atoms with Crippen molar-refractivity contribution in [3.8, 4) is 0 Å². The van der Waals surface area contributed by atoms with E-state index in [1.807, 2.05) is 6.92 Å². The molecular formula is C14H19N5O5. The van der Waals surface area contributed by atoms with E-state index in [1.54, 1.807) is 4.57 Å².